The summed E-state index contributed by atoms with van der Waals surface area (Å²) in [7, 11) is 0. The van der Waals surface area contributed by atoms with E-state index in [-0.39, 0.29) is 120 Å². The van der Waals surface area contributed by atoms with Crippen molar-refractivity contribution < 1.29 is 98.1 Å². The third kappa shape index (κ3) is 26.6. The van der Waals surface area contributed by atoms with Gasteiger partial charge in [-0.1, -0.05) is 0 Å². The molecule has 0 aliphatic carbocycles. The number of hydrogen-bond donors (Lipinski definition) is 0. The molecule has 0 aromatic carbocycles. The second kappa shape index (κ2) is 40.5. The fraction of sp³-hybridized carbons (Fsp3) is 0. The second-order valence-electron chi connectivity index (χ2n) is 0. The molecule has 33 valence electrons. The molecule has 0 aliphatic rings. The summed E-state index contributed by atoms with van der Waals surface area (Å²) < 4.78 is 0. The molecule has 0 amide bonds. The minimum absolute atomic E-state index is 0. The summed E-state index contributed by atoms with van der Waals surface area (Å²) in [5.74, 6) is 0. The molecule has 0 aliphatic heterocycles. The van der Waals surface area contributed by atoms with Crippen molar-refractivity contribution in [1.29, 1.82) is 0 Å². The minimum Gasteiger partial charge on any atom is -0.358 e. The molecule has 0 nitrogen and oxygen atoms in total. The van der Waals surface area contributed by atoms with Crippen molar-refractivity contribution >= 4 is 0 Å². The molecule has 0 unspecified atom stereocenters. The third-order valence-electron chi connectivity index (χ3n) is 0. The van der Waals surface area contributed by atoms with Gasteiger partial charge in [-0.05, 0) is 0 Å². The number of hydrogen-bond acceptors (Lipinski definition) is 0. The van der Waals surface area contributed by atoms with Crippen LogP contribution < -0.4 is 0 Å². The topological polar surface area (TPSA) is 0 Å². The van der Waals surface area contributed by atoms with E-state index in [2.05, 4.69) is 0 Å². The fourth-order valence-electron chi connectivity index (χ4n) is 0. The SMILES string of the molecule is [CH3-].[CH3-].[CH3-].[Y].[Y].[Y]. The van der Waals surface area contributed by atoms with Gasteiger partial charge in [-0.25, -0.2) is 0 Å². The third-order valence-corrected chi connectivity index (χ3v) is 0. The number of rotatable bonds is 0. The van der Waals surface area contributed by atoms with Crippen molar-refractivity contribution in [3.8, 4) is 0 Å². The van der Waals surface area contributed by atoms with Gasteiger partial charge in [0.25, 0.3) is 0 Å². The predicted octanol–water partition coefficient (Wildman–Crippen LogP) is 1.34. The first-order valence-electron chi connectivity index (χ1n) is 0. The van der Waals surface area contributed by atoms with E-state index < -0.39 is 0 Å². The average molecular weight is 312 g/mol. The van der Waals surface area contributed by atoms with E-state index in [1.165, 1.54) is 0 Å². The van der Waals surface area contributed by atoms with Crippen molar-refractivity contribution in [2.24, 2.45) is 0 Å². The Kier molecular flexibility index (Phi) is 396. The van der Waals surface area contributed by atoms with Crippen LogP contribution in [0.25, 0.3) is 0 Å². The first-order valence-corrected chi connectivity index (χ1v) is 0. The molecular weight excluding hydrogens is 303 g/mol. The largest absolute Gasteiger partial charge is 0.358 e. The van der Waals surface area contributed by atoms with Crippen molar-refractivity contribution in [2.45, 2.75) is 0 Å². The molecule has 0 saturated carbocycles. The first kappa shape index (κ1) is 58.7. The fourth-order valence-corrected chi connectivity index (χ4v) is 0. The predicted molar refractivity (Wildman–Crippen MR) is 19.2 cm³/mol. The molecular formula is C3H9Y3-3. The summed E-state index contributed by atoms with van der Waals surface area (Å²) >= 11 is 0. The van der Waals surface area contributed by atoms with E-state index in [4.69, 9.17) is 0 Å². The van der Waals surface area contributed by atoms with Gasteiger partial charge in [0.15, 0.2) is 0 Å². The van der Waals surface area contributed by atoms with Crippen molar-refractivity contribution in [3.63, 3.8) is 0 Å². The molecule has 0 aromatic rings. The van der Waals surface area contributed by atoms with E-state index in [0.717, 1.165) is 0 Å². The minimum atomic E-state index is 0. The van der Waals surface area contributed by atoms with Crippen LogP contribution in [0.15, 0.2) is 0 Å². The Morgan fingerprint density at radius 2 is 0.333 bits per heavy atom. The summed E-state index contributed by atoms with van der Waals surface area (Å²) in [5.41, 5.74) is 0. The Morgan fingerprint density at radius 1 is 0.333 bits per heavy atom. The molecule has 0 bridgehead atoms. The molecule has 6 heavy (non-hydrogen) atoms. The van der Waals surface area contributed by atoms with Gasteiger partial charge in [0.2, 0.25) is 0 Å². The summed E-state index contributed by atoms with van der Waals surface area (Å²) in [6.45, 7) is 0. The van der Waals surface area contributed by atoms with Gasteiger partial charge in [-0.2, -0.15) is 0 Å². The van der Waals surface area contributed by atoms with Crippen LogP contribution in [0.2, 0.25) is 0 Å². The van der Waals surface area contributed by atoms with Crippen LogP contribution in [-0.4, -0.2) is 0 Å². The summed E-state index contributed by atoms with van der Waals surface area (Å²) in [6, 6.07) is 0. The van der Waals surface area contributed by atoms with Crippen LogP contribution in [0.4, 0.5) is 0 Å². The zero-order valence-electron chi connectivity index (χ0n) is 4.73. The normalized spacial score (nSPS) is 0. The molecule has 0 rings (SSSR count). The maximum Gasteiger partial charge on any atom is 0 e. The molecule has 0 heterocycles. The summed E-state index contributed by atoms with van der Waals surface area (Å²) in [5, 5.41) is 0. The maximum atomic E-state index is 0. The molecule has 0 N–H and O–H groups in total. The van der Waals surface area contributed by atoms with Gasteiger partial charge >= 0.3 is 0 Å². The van der Waals surface area contributed by atoms with Crippen LogP contribution in [-0.2, 0) is 98.1 Å². The Labute approximate surface area is 118 Å². The van der Waals surface area contributed by atoms with Gasteiger partial charge < -0.3 is 22.3 Å². The maximum absolute atomic E-state index is 0. The van der Waals surface area contributed by atoms with Gasteiger partial charge in [-0.15, -0.1) is 0 Å². The van der Waals surface area contributed by atoms with Crippen LogP contribution in [0.5, 0.6) is 0 Å². The van der Waals surface area contributed by atoms with Gasteiger partial charge in [0.1, 0.15) is 0 Å². The zero-order chi connectivity index (χ0) is 0. The average Bonchev–Trinajstić information content (AvgIpc) is 0. The van der Waals surface area contributed by atoms with E-state index in [0.29, 0.717) is 0 Å². The van der Waals surface area contributed by atoms with Gasteiger partial charge in [0.05, 0.1) is 0 Å². The second-order valence-corrected chi connectivity index (χ2v) is 0. The van der Waals surface area contributed by atoms with Crippen molar-refractivity contribution in [3.05, 3.63) is 22.3 Å². The van der Waals surface area contributed by atoms with Gasteiger partial charge in [-0.3, -0.25) is 0 Å². The van der Waals surface area contributed by atoms with Crippen LogP contribution in [0, 0.1) is 22.3 Å². The zero-order valence-corrected chi connectivity index (χ0v) is 13.2. The monoisotopic (exact) mass is 312 g/mol. The van der Waals surface area contributed by atoms with Crippen molar-refractivity contribution in [1.82, 2.24) is 0 Å². The quantitative estimate of drug-likeness (QED) is 0.592. The Hall–Kier alpha value is 3.31. The van der Waals surface area contributed by atoms with E-state index in [9.17, 15) is 0 Å². The molecule has 3 radical (unpaired) electrons. The Balaban J connectivity index is 0. The standard InChI is InChI=1S/3CH3.3Y/h3*1H3;;;/q3*-1;;;. The summed E-state index contributed by atoms with van der Waals surface area (Å²) in [4.78, 5) is 0. The Morgan fingerprint density at radius 3 is 0.333 bits per heavy atom. The molecule has 0 saturated heterocycles. The molecule has 0 atom stereocenters. The van der Waals surface area contributed by atoms with Crippen molar-refractivity contribution in [2.75, 3.05) is 0 Å². The van der Waals surface area contributed by atoms with E-state index >= 15 is 0 Å². The first-order chi connectivity index (χ1) is 0. The van der Waals surface area contributed by atoms with E-state index in [1.807, 2.05) is 0 Å². The van der Waals surface area contributed by atoms with Crippen LogP contribution in [0.3, 0.4) is 0 Å². The van der Waals surface area contributed by atoms with Crippen LogP contribution >= 0.6 is 0 Å². The smallest absolute Gasteiger partial charge is 0 e. The molecule has 3 heteroatoms. The Bertz CT molecular complexity index is 6.00. The van der Waals surface area contributed by atoms with E-state index in [1.54, 1.807) is 0 Å². The molecule has 0 fully saturated rings. The molecule has 0 spiro atoms. The molecule has 0 aromatic heterocycles. The van der Waals surface area contributed by atoms with Gasteiger partial charge in [0, 0.05) is 98.1 Å². The summed E-state index contributed by atoms with van der Waals surface area (Å²) in [6.07, 6.45) is 0. The van der Waals surface area contributed by atoms with Crippen LogP contribution in [0.1, 0.15) is 0 Å².